The molecule has 1 heterocycles. The van der Waals surface area contributed by atoms with E-state index in [4.69, 9.17) is 4.74 Å². The van der Waals surface area contributed by atoms with Gasteiger partial charge in [-0.2, -0.15) is 0 Å². The first-order valence-corrected chi connectivity index (χ1v) is 9.72. The summed E-state index contributed by atoms with van der Waals surface area (Å²) in [5.74, 6) is 0. The van der Waals surface area contributed by atoms with Gasteiger partial charge in [0.2, 0.25) is 10.0 Å². The number of hydrogen-bond acceptors (Lipinski definition) is 5. The number of unbranched alkanes of at least 4 members (excludes halogenated alkanes) is 2. The Morgan fingerprint density at radius 1 is 1.29 bits per heavy atom. The maximum Gasteiger partial charge on any atom is 0.250 e. The molecule has 1 aromatic rings. The molecule has 5 nitrogen and oxygen atoms in total. The molecule has 2 N–H and O–H groups in total. The summed E-state index contributed by atoms with van der Waals surface area (Å²) >= 11 is 1.35. The lowest BCUT2D eigenvalue weighted by atomic mass is 10.2. The van der Waals surface area contributed by atoms with Crippen LogP contribution in [0.25, 0.3) is 0 Å². The van der Waals surface area contributed by atoms with Crippen LogP contribution in [0.2, 0.25) is 0 Å². The minimum Gasteiger partial charge on any atom is -0.385 e. The van der Waals surface area contributed by atoms with E-state index >= 15 is 0 Å². The highest BCUT2D eigenvalue weighted by atomic mass is 32.2. The highest BCUT2D eigenvalue weighted by molar-refractivity contribution is 7.91. The molecular formula is C14H24N2O3S2. The summed E-state index contributed by atoms with van der Waals surface area (Å²) in [6.07, 6.45) is 5.25. The van der Waals surface area contributed by atoms with Crippen LogP contribution >= 0.6 is 11.3 Å². The van der Waals surface area contributed by atoms with Crippen molar-refractivity contribution in [3.05, 3.63) is 17.0 Å². The number of nitrogens with one attached hydrogen (secondary N) is 2. The fourth-order valence-corrected chi connectivity index (χ4v) is 4.38. The van der Waals surface area contributed by atoms with Crippen LogP contribution in [-0.2, 0) is 21.3 Å². The summed E-state index contributed by atoms with van der Waals surface area (Å²) < 4.78 is 32.3. The molecule has 0 saturated heterocycles. The Kier molecular flexibility index (Phi) is 6.63. The monoisotopic (exact) mass is 332 g/mol. The normalized spacial score (nSPS) is 15.5. The molecule has 1 saturated carbocycles. The van der Waals surface area contributed by atoms with Crippen molar-refractivity contribution >= 4 is 21.4 Å². The largest absolute Gasteiger partial charge is 0.385 e. The van der Waals surface area contributed by atoms with Crippen LogP contribution in [0.1, 0.15) is 37.0 Å². The van der Waals surface area contributed by atoms with Crippen molar-refractivity contribution in [1.29, 1.82) is 0 Å². The van der Waals surface area contributed by atoms with Crippen molar-refractivity contribution in [3.63, 3.8) is 0 Å². The van der Waals surface area contributed by atoms with Crippen LogP contribution < -0.4 is 10.0 Å². The predicted octanol–water partition coefficient (Wildman–Crippen LogP) is 2.10. The molecule has 7 heteroatoms. The van der Waals surface area contributed by atoms with E-state index in [0.717, 1.165) is 37.3 Å². The molecule has 0 spiro atoms. The SMILES string of the molecule is COCCCCCNS(=O)(=O)c1ccc(CNC2CC2)s1. The summed E-state index contributed by atoms with van der Waals surface area (Å²) in [4.78, 5) is 1.07. The van der Waals surface area contributed by atoms with Crippen molar-refractivity contribution in [1.82, 2.24) is 10.0 Å². The molecule has 1 aliphatic rings. The molecule has 0 aromatic carbocycles. The second-order valence-electron chi connectivity index (χ2n) is 5.33. The molecule has 0 aliphatic heterocycles. The van der Waals surface area contributed by atoms with E-state index in [1.807, 2.05) is 6.07 Å². The van der Waals surface area contributed by atoms with Gasteiger partial charge in [0.15, 0.2) is 0 Å². The molecule has 1 fully saturated rings. The molecule has 0 atom stereocenters. The predicted molar refractivity (Wildman–Crippen MR) is 85.1 cm³/mol. The zero-order valence-corrected chi connectivity index (χ0v) is 14.1. The number of rotatable bonds is 11. The van der Waals surface area contributed by atoms with Gasteiger partial charge in [-0.25, -0.2) is 13.1 Å². The fourth-order valence-electron chi connectivity index (χ4n) is 1.96. The molecule has 0 radical (unpaired) electrons. The summed E-state index contributed by atoms with van der Waals surface area (Å²) in [5.41, 5.74) is 0. The summed E-state index contributed by atoms with van der Waals surface area (Å²) in [6, 6.07) is 4.23. The average molecular weight is 332 g/mol. The summed E-state index contributed by atoms with van der Waals surface area (Å²) in [5, 5.41) is 3.39. The second kappa shape index (κ2) is 8.24. The standard InChI is InChI=1S/C14H24N2O3S2/c1-19-10-4-2-3-9-16-21(17,18)14-8-7-13(20-14)11-15-12-5-6-12/h7-8,12,15-16H,2-6,9-11H2,1H3. The van der Waals surface area contributed by atoms with E-state index < -0.39 is 10.0 Å². The highest BCUT2D eigenvalue weighted by Gasteiger charge is 2.21. The van der Waals surface area contributed by atoms with E-state index in [1.54, 1.807) is 13.2 Å². The molecule has 21 heavy (non-hydrogen) atoms. The first-order valence-electron chi connectivity index (χ1n) is 7.42. The zero-order chi connectivity index (χ0) is 15.1. The van der Waals surface area contributed by atoms with Gasteiger partial charge in [-0.05, 0) is 44.2 Å². The first kappa shape index (κ1) is 16.9. The van der Waals surface area contributed by atoms with Gasteiger partial charge in [0, 0.05) is 37.7 Å². The van der Waals surface area contributed by atoms with E-state index in [0.29, 0.717) is 16.8 Å². The van der Waals surface area contributed by atoms with Gasteiger partial charge in [-0.15, -0.1) is 11.3 Å². The Labute approximate surface area is 131 Å². The summed E-state index contributed by atoms with van der Waals surface area (Å²) in [7, 11) is -1.67. The van der Waals surface area contributed by atoms with Crippen molar-refractivity contribution in [2.24, 2.45) is 0 Å². The third-order valence-electron chi connectivity index (χ3n) is 3.36. The van der Waals surface area contributed by atoms with Gasteiger partial charge < -0.3 is 10.1 Å². The Bertz CT molecular complexity index is 524. The van der Waals surface area contributed by atoms with Crippen LogP contribution in [0.3, 0.4) is 0 Å². The maximum absolute atomic E-state index is 12.1. The average Bonchev–Trinajstić information content (AvgIpc) is 3.16. The van der Waals surface area contributed by atoms with Crippen LogP contribution in [0.4, 0.5) is 0 Å². The number of methoxy groups -OCH3 is 1. The Morgan fingerprint density at radius 2 is 2.10 bits per heavy atom. The van der Waals surface area contributed by atoms with Crippen LogP contribution in [0, 0.1) is 0 Å². The lowest BCUT2D eigenvalue weighted by molar-refractivity contribution is 0.192. The van der Waals surface area contributed by atoms with Crippen molar-refractivity contribution in [2.45, 2.75) is 48.9 Å². The topological polar surface area (TPSA) is 67.4 Å². The number of hydrogen-bond donors (Lipinski definition) is 2. The fraction of sp³-hybridized carbons (Fsp3) is 0.714. The molecule has 1 aliphatic carbocycles. The zero-order valence-electron chi connectivity index (χ0n) is 12.4. The van der Waals surface area contributed by atoms with Crippen LogP contribution in [0.15, 0.2) is 16.3 Å². The minimum absolute atomic E-state index is 0.409. The van der Waals surface area contributed by atoms with E-state index in [1.165, 1.54) is 24.2 Å². The Hall–Kier alpha value is -0.470. The van der Waals surface area contributed by atoms with Gasteiger partial charge in [0.05, 0.1) is 0 Å². The molecular weight excluding hydrogens is 308 g/mol. The van der Waals surface area contributed by atoms with E-state index in [9.17, 15) is 8.42 Å². The molecule has 0 bridgehead atoms. The third kappa shape index (κ3) is 6.04. The molecule has 0 unspecified atom stereocenters. The van der Waals surface area contributed by atoms with Gasteiger partial charge >= 0.3 is 0 Å². The maximum atomic E-state index is 12.1. The van der Waals surface area contributed by atoms with E-state index in [2.05, 4.69) is 10.0 Å². The van der Waals surface area contributed by atoms with Crippen molar-refractivity contribution in [3.8, 4) is 0 Å². The van der Waals surface area contributed by atoms with Gasteiger partial charge in [0.1, 0.15) is 4.21 Å². The number of ether oxygens (including phenoxy) is 1. The van der Waals surface area contributed by atoms with E-state index in [-0.39, 0.29) is 0 Å². The number of sulfonamides is 1. The van der Waals surface area contributed by atoms with Crippen molar-refractivity contribution < 1.29 is 13.2 Å². The van der Waals surface area contributed by atoms with Gasteiger partial charge in [-0.3, -0.25) is 0 Å². The van der Waals surface area contributed by atoms with Gasteiger partial charge in [-0.1, -0.05) is 0 Å². The first-order chi connectivity index (χ1) is 10.1. The summed E-state index contributed by atoms with van der Waals surface area (Å²) in [6.45, 7) is 1.98. The highest BCUT2D eigenvalue weighted by Crippen LogP contribution is 2.24. The smallest absolute Gasteiger partial charge is 0.250 e. The number of thiophene rings is 1. The molecule has 2 rings (SSSR count). The van der Waals surface area contributed by atoms with Gasteiger partial charge in [0.25, 0.3) is 0 Å². The second-order valence-corrected chi connectivity index (χ2v) is 8.49. The molecule has 0 amide bonds. The lowest BCUT2D eigenvalue weighted by Gasteiger charge is -2.04. The quantitative estimate of drug-likeness (QED) is 0.609. The molecule has 120 valence electrons. The van der Waals surface area contributed by atoms with Crippen molar-refractivity contribution in [2.75, 3.05) is 20.3 Å². The minimum atomic E-state index is -3.35. The van der Waals surface area contributed by atoms with Crippen LogP contribution in [0.5, 0.6) is 0 Å². The molecule has 1 aromatic heterocycles. The van der Waals surface area contributed by atoms with Crippen LogP contribution in [-0.4, -0.2) is 34.7 Å². The lowest BCUT2D eigenvalue weighted by Crippen LogP contribution is -2.24. The third-order valence-corrected chi connectivity index (χ3v) is 6.40. The Balaban J connectivity index is 1.73. The Morgan fingerprint density at radius 3 is 2.81 bits per heavy atom.